The molecule has 0 amide bonds. The van der Waals surface area contributed by atoms with Gasteiger partial charge in [-0.2, -0.15) is 0 Å². The van der Waals surface area contributed by atoms with Crippen molar-refractivity contribution < 1.29 is 9.84 Å². The Morgan fingerprint density at radius 2 is 2.05 bits per heavy atom. The molecule has 1 aromatic heterocycles. The Morgan fingerprint density at radius 1 is 1.21 bits per heavy atom. The maximum Gasteiger partial charge on any atom is 0.250 e. The minimum atomic E-state index is -0.180. The summed E-state index contributed by atoms with van der Waals surface area (Å²) in [6.07, 6.45) is 1.70. The number of benzene rings is 1. The van der Waals surface area contributed by atoms with Crippen LogP contribution in [0.25, 0.3) is 0 Å². The smallest absolute Gasteiger partial charge is 0.250 e. The molecule has 0 unspecified atom stereocenters. The van der Waals surface area contributed by atoms with E-state index in [-0.39, 0.29) is 12.2 Å². The third-order valence-electron chi connectivity index (χ3n) is 2.72. The van der Waals surface area contributed by atoms with E-state index in [4.69, 9.17) is 16.3 Å². The molecule has 5 heteroatoms. The monoisotopic (exact) mass is 279 g/mol. The highest BCUT2D eigenvalue weighted by Gasteiger charge is 2.06. The average molecular weight is 280 g/mol. The van der Waals surface area contributed by atoms with E-state index < -0.39 is 0 Å². The zero-order valence-corrected chi connectivity index (χ0v) is 11.0. The van der Waals surface area contributed by atoms with Gasteiger partial charge < -0.3 is 14.4 Å². The molecule has 0 aliphatic carbocycles. The fourth-order valence-electron chi connectivity index (χ4n) is 1.73. The van der Waals surface area contributed by atoms with Gasteiger partial charge in [0.2, 0.25) is 0 Å². The van der Waals surface area contributed by atoms with Crippen molar-refractivity contribution in [2.45, 2.75) is 13.2 Å². The molecule has 0 radical (unpaired) electrons. The zero-order chi connectivity index (χ0) is 13.7. The first-order valence-corrected chi connectivity index (χ1v) is 6.26. The standard InChI is InChI=1S/C14H14ClNO3/c15-12-4-3-5-13(11(12)10-17)19-9-8-16-7-2-1-6-14(16)18/h1-7,17H,8-10H2. The molecular formula is C14H14ClNO3. The Labute approximate surface area is 115 Å². The molecule has 0 aliphatic heterocycles. The summed E-state index contributed by atoms with van der Waals surface area (Å²) in [5.41, 5.74) is 0.490. The van der Waals surface area contributed by atoms with Crippen LogP contribution in [0.5, 0.6) is 5.75 Å². The van der Waals surface area contributed by atoms with Gasteiger partial charge in [0.15, 0.2) is 0 Å². The van der Waals surface area contributed by atoms with Gasteiger partial charge in [-0.3, -0.25) is 4.79 Å². The van der Waals surface area contributed by atoms with Crippen LogP contribution in [0.2, 0.25) is 5.02 Å². The highest BCUT2D eigenvalue weighted by atomic mass is 35.5. The van der Waals surface area contributed by atoms with Gasteiger partial charge in [-0.15, -0.1) is 0 Å². The van der Waals surface area contributed by atoms with E-state index in [1.54, 1.807) is 41.1 Å². The van der Waals surface area contributed by atoms with E-state index in [9.17, 15) is 9.90 Å². The van der Waals surface area contributed by atoms with Gasteiger partial charge in [0.25, 0.3) is 5.56 Å². The topological polar surface area (TPSA) is 51.5 Å². The van der Waals surface area contributed by atoms with Crippen molar-refractivity contribution in [1.82, 2.24) is 4.57 Å². The van der Waals surface area contributed by atoms with Gasteiger partial charge in [-0.25, -0.2) is 0 Å². The predicted octanol–water partition coefficient (Wildman–Crippen LogP) is 2.07. The lowest BCUT2D eigenvalue weighted by Gasteiger charge is -2.12. The molecule has 0 spiro atoms. The summed E-state index contributed by atoms with van der Waals surface area (Å²) in [6.45, 7) is 0.592. The van der Waals surface area contributed by atoms with Crippen molar-refractivity contribution in [3.05, 3.63) is 63.5 Å². The fourth-order valence-corrected chi connectivity index (χ4v) is 1.95. The molecule has 19 heavy (non-hydrogen) atoms. The summed E-state index contributed by atoms with van der Waals surface area (Å²) in [4.78, 5) is 11.5. The van der Waals surface area contributed by atoms with Crippen LogP contribution in [0.4, 0.5) is 0 Å². The number of rotatable bonds is 5. The van der Waals surface area contributed by atoms with Crippen LogP contribution in [-0.2, 0) is 13.2 Å². The molecular weight excluding hydrogens is 266 g/mol. The molecule has 100 valence electrons. The maximum atomic E-state index is 11.5. The summed E-state index contributed by atoms with van der Waals surface area (Å²) >= 11 is 5.96. The number of ether oxygens (including phenoxy) is 1. The molecule has 0 fully saturated rings. The van der Waals surface area contributed by atoms with Gasteiger partial charge in [-0.05, 0) is 18.2 Å². The SMILES string of the molecule is O=c1ccccn1CCOc1cccc(Cl)c1CO. The number of hydrogen-bond donors (Lipinski definition) is 1. The van der Waals surface area contributed by atoms with Crippen LogP contribution >= 0.6 is 11.6 Å². The summed E-state index contributed by atoms with van der Waals surface area (Å²) in [5, 5.41) is 9.71. The number of nitrogens with zero attached hydrogens (tertiary/aromatic N) is 1. The van der Waals surface area contributed by atoms with Crippen LogP contribution in [0.3, 0.4) is 0 Å². The van der Waals surface area contributed by atoms with Crippen molar-refractivity contribution in [3.8, 4) is 5.75 Å². The van der Waals surface area contributed by atoms with Crippen molar-refractivity contribution in [2.75, 3.05) is 6.61 Å². The largest absolute Gasteiger partial charge is 0.491 e. The van der Waals surface area contributed by atoms with E-state index in [0.29, 0.717) is 29.5 Å². The minimum Gasteiger partial charge on any atom is -0.491 e. The van der Waals surface area contributed by atoms with Crippen LogP contribution < -0.4 is 10.3 Å². The van der Waals surface area contributed by atoms with Crippen molar-refractivity contribution in [2.24, 2.45) is 0 Å². The molecule has 4 nitrogen and oxygen atoms in total. The summed E-state index contributed by atoms with van der Waals surface area (Å²) in [7, 11) is 0. The van der Waals surface area contributed by atoms with Crippen LogP contribution in [0.1, 0.15) is 5.56 Å². The van der Waals surface area contributed by atoms with Crippen LogP contribution in [0, 0.1) is 0 Å². The second kappa shape index (κ2) is 6.41. The van der Waals surface area contributed by atoms with E-state index in [1.807, 2.05) is 0 Å². The first-order valence-electron chi connectivity index (χ1n) is 5.89. The number of aliphatic hydroxyl groups is 1. The molecule has 0 atom stereocenters. The molecule has 1 heterocycles. The fraction of sp³-hybridized carbons (Fsp3) is 0.214. The quantitative estimate of drug-likeness (QED) is 0.912. The number of aliphatic hydroxyl groups excluding tert-OH is 1. The summed E-state index contributed by atoms with van der Waals surface area (Å²) < 4.78 is 7.12. The summed E-state index contributed by atoms with van der Waals surface area (Å²) in [5.74, 6) is 0.541. The van der Waals surface area contributed by atoms with Gasteiger partial charge in [-0.1, -0.05) is 23.7 Å². The van der Waals surface area contributed by atoms with Crippen molar-refractivity contribution in [1.29, 1.82) is 0 Å². The lowest BCUT2D eigenvalue weighted by atomic mass is 10.2. The van der Waals surface area contributed by atoms with Gasteiger partial charge in [0.1, 0.15) is 12.4 Å². The molecule has 1 aromatic carbocycles. The maximum absolute atomic E-state index is 11.5. The normalized spacial score (nSPS) is 10.4. The first kappa shape index (κ1) is 13.6. The highest BCUT2D eigenvalue weighted by molar-refractivity contribution is 6.31. The van der Waals surface area contributed by atoms with Crippen molar-refractivity contribution >= 4 is 11.6 Å². The van der Waals surface area contributed by atoms with E-state index in [2.05, 4.69) is 0 Å². The number of aromatic nitrogens is 1. The Bertz CT molecular complexity index is 610. The van der Waals surface area contributed by atoms with E-state index in [1.165, 1.54) is 6.07 Å². The molecule has 0 saturated heterocycles. The van der Waals surface area contributed by atoms with Crippen molar-refractivity contribution in [3.63, 3.8) is 0 Å². The van der Waals surface area contributed by atoms with Gasteiger partial charge >= 0.3 is 0 Å². The average Bonchev–Trinajstić information content (AvgIpc) is 2.41. The zero-order valence-electron chi connectivity index (χ0n) is 10.3. The molecule has 0 bridgehead atoms. The minimum absolute atomic E-state index is 0.0698. The lowest BCUT2D eigenvalue weighted by Crippen LogP contribution is -2.21. The van der Waals surface area contributed by atoms with E-state index >= 15 is 0 Å². The second-order valence-corrected chi connectivity index (χ2v) is 4.36. The van der Waals surface area contributed by atoms with E-state index in [0.717, 1.165) is 0 Å². The third kappa shape index (κ3) is 3.36. The Hall–Kier alpha value is -1.78. The third-order valence-corrected chi connectivity index (χ3v) is 3.08. The van der Waals surface area contributed by atoms with Gasteiger partial charge in [0.05, 0.1) is 13.2 Å². The Balaban J connectivity index is 2.02. The Kier molecular flexibility index (Phi) is 4.60. The summed E-state index contributed by atoms with van der Waals surface area (Å²) in [6, 6.07) is 10.2. The lowest BCUT2D eigenvalue weighted by molar-refractivity contribution is 0.257. The number of halogens is 1. The number of pyridine rings is 1. The Morgan fingerprint density at radius 3 is 2.79 bits per heavy atom. The van der Waals surface area contributed by atoms with Crippen LogP contribution in [0.15, 0.2) is 47.4 Å². The molecule has 0 saturated carbocycles. The first-order chi connectivity index (χ1) is 9.22. The highest BCUT2D eigenvalue weighted by Crippen LogP contribution is 2.26. The molecule has 1 N–H and O–H groups in total. The molecule has 0 aliphatic rings. The molecule has 2 rings (SSSR count). The predicted molar refractivity (Wildman–Crippen MR) is 73.6 cm³/mol. The second-order valence-electron chi connectivity index (χ2n) is 3.96. The number of hydrogen-bond acceptors (Lipinski definition) is 3. The van der Waals surface area contributed by atoms with Gasteiger partial charge in [0, 0.05) is 22.8 Å². The molecule has 2 aromatic rings. The van der Waals surface area contributed by atoms with Crippen LogP contribution in [-0.4, -0.2) is 16.3 Å².